The molecule has 1 atom stereocenters. The second kappa shape index (κ2) is 9.86. The van der Waals surface area contributed by atoms with Gasteiger partial charge in [0.1, 0.15) is 23.2 Å². The third-order valence-electron chi connectivity index (χ3n) is 4.71. The highest BCUT2D eigenvalue weighted by Gasteiger charge is 2.48. The van der Waals surface area contributed by atoms with Crippen LogP contribution in [0.4, 0.5) is 13.2 Å². The summed E-state index contributed by atoms with van der Waals surface area (Å²) in [5.74, 6) is 0. The van der Waals surface area contributed by atoms with Crippen molar-refractivity contribution in [3.05, 3.63) is 91.0 Å². The maximum atomic E-state index is 13.0. The van der Waals surface area contributed by atoms with E-state index in [1.165, 1.54) is 0 Å². The van der Waals surface area contributed by atoms with Crippen LogP contribution in [-0.4, -0.2) is 23.5 Å². The molecule has 3 aromatic carbocycles. The number of benzene rings is 3. The Morgan fingerprint density at radius 3 is 1.29 bits per heavy atom. The van der Waals surface area contributed by atoms with Crippen molar-refractivity contribution in [3.8, 4) is 0 Å². The Balaban J connectivity index is 0.00000280. The van der Waals surface area contributed by atoms with Crippen molar-refractivity contribution in [1.29, 1.82) is 0 Å². The van der Waals surface area contributed by atoms with Gasteiger partial charge in [-0.2, -0.15) is 13.2 Å². The Bertz CT molecular complexity index is 745. The van der Waals surface area contributed by atoms with Crippen LogP contribution in [-0.2, 0) is 0 Å². The van der Waals surface area contributed by atoms with Gasteiger partial charge in [-0.15, -0.1) is 0 Å². The molecule has 0 aliphatic carbocycles. The summed E-state index contributed by atoms with van der Waals surface area (Å²) in [7, 11) is -2.34. The van der Waals surface area contributed by atoms with Crippen LogP contribution in [0.25, 0.3) is 0 Å². The minimum absolute atomic E-state index is 0. The summed E-state index contributed by atoms with van der Waals surface area (Å²) in [6, 6.07) is 29.1. The van der Waals surface area contributed by atoms with Crippen LogP contribution < -0.4 is 39.9 Å². The first kappa shape index (κ1) is 22.9. The predicted octanol–water partition coefficient (Wildman–Crippen LogP) is 1.30. The van der Waals surface area contributed by atoms with Gasteiger partial charge < -0.3 is 29.1 Å². The van der Waals surface area contributed by atoms with Crippen molar-refractivity contribution in [3.63, 3.8) is 0 Å². The number of aliphatic hydroxyl groups is 1. The smallest absolute Gasteiger partial charge is 0.414 e. The average Bonchev–Trinajstić information content (AvgIpc) is 2.70. The molecule has 148 valence electrons. The molecule has 0 amide bonds. The fourth-order valence-electron chi connectivity index (χ4n) is 3.36. The first-order chi connectivity index (χ1) is 12.9. The summed E-state index contributed by atoms with van der Waals surface area (Å²) in [5, 5.41) is 12.7. The summed E-state index contributed by atoms with van der Waals surface area (Å²) in [5.41, 5.74) is 0. The second-order valence-electron chi connectivity index (χ2n) is 6.39. The van der Waals surface area contributed by atoms with Gasteiger partial charge in [0, 0.05) is 6.42 Å². The van der Waals surface area contributed by atoms with Crippen LogP contribution in [0.2, 0.25) is 0 Å². The number of hydrogen-bond donors (Lipinski definition) is 1. The molecule has 0 aromatic heterocycles. The summed E-state index contributed by atoms with van der Waals surface area (Å²) in [4.78, 5) is 0. The molecule has 0 aliphatic heterocycles. The van der Waals surface area contributed by atoms with Gasteiger partial charge in [-0.1, -0.05) is 54.6 Å². The van der Waals surface area contributed by atoms with E-state index in [0.29, 0.717) is 0 Å². The summed E-state index contributed by atoms with van der Waals surface area (Å²) < 4.78 is 39.0. The molecule has 1 unspecified atom stereocenters. The van der Waals surface area contributed by atoms with Gasteiger partial charge in [0.2, 0.25) is 0 Å². The Kier molecular flexibility index (Phi) is 8.05. The summed E-state index contributed by atoms with van der Waals surface area (Å²) in [6.45, 7) is 0. The van der Waals surface area contributed by atoms with Crippen LogP contribution in [0.5, 0.6) is 0 Å². The zero-order valence-corrected chi connectivity index (χ0v) is 18.1. The lowest BCUT2D eigenvalue weighted by molar-refractivity contribution is -0.203. The monoisotopic (exact) mass is 516 g/mol. The topological polar surface area (TPSA) is 20.2 Å². The molecule has 0 radical (unpaired) electrons. The largest absolute Gasteiger partial charge is 1.00 e. The zero-order valence-electron chi connectivity index (χ0n) is 15.1. The van der Waals surface area contributed by atoms with Gasteiger partial charge in [0.25, 0.3) is 0 Å². The lowest BCUT2D eigenvalue weighted by Gasteiger charge is -2.28. The molecular weight excluding hydrogens is 495 g/mol. The minimum atomic E-state index is -4.61. The predicted molar refractivity (Wildman–Crippen MR) is 107 cm³/mol. The van der Waals surface area contributed by atoms with Gasteiger partial charge >= 0.3 is 6.18 Å². The van der Waals surface area contributed by atoms with Gasteiger partial charge in [-0.05, 0) is 36.4 Å². The van der Waals surface area contributed by atoms with E-state index >= 15 is 0 Å². The van der Waals surface area contributed by atoms with Gasteiger partial charge in [-0.25, -0.2) is 0 Å². The van der Waals surface area contributed by atoms with Crippen LogP contribution in [0.1, 0.15) is 6.42 Å². The second-order valence-corrected chi connectivity index (χ2v) is 10.0. The average molecular weight is 516 g/mol. The van der Waals surface area contributed by atoms with Crippen molar-refractivity contribution in [1.82, 2.24) is 0 Å². The number of alkyl halides is 3. The quantitative estimate of drug-likeness (QED) is 0.387. The number of rotatable bonds is 6. The SMILES string of the molecule is OC(CC[P+](c1ccccc1)(c1ccccc1)c1ccccc1)C(F)(F)F.[I-]. The fraction of sp³-hybridized carbons (Fsp3) is 0.182. The van der Waals surface area contributed by atoms with E-state index < -0.39 is 19.5 Å². The molecule has 6 heteroatoms. The third-order valence-corrected chi connectivity index (χ3v) is 9.17. The zero-order chi connectivity index (χ0) is 19.3. The number of aliphatic hydroxyl groups excluding tert-OH is 1. The van der Waals surface area contributed by atoms with E-state index in [-0.39, 0.29) is 36.6 Å². The van der Waals surface area contributed by atoms with E-state index in [0.717, 1.165) is 15.9 Å². The molecule has 0 aliphatic rings. The van der Waals surface area contributed by atoms with Crippen molar-refractivity contribution >= 4 is 23.2 Å². The standard InChI is InChI=1S/C22H21F3OP.HI/c23-22(24,25)21(26)16-17-27(18-10-4-1-5-11-18,19-12-6-2-7-13-19)20-14-8-3-9-15-20;/h1-15,21,26H,16-17H2;1H/q+1;/p-1. The first-order valence-electron chi connectivity index (χ1n) is 8.74. The molecule has 28 heavy (non-hydrogen) atoms. The molecular formula is C22H21F3IOP. The molecule has 0 fully saturated rings. The lowest BCUT2D eigenvalue weighted by Crippen LogP contribution is -3.00. The highest BCUT2D eigenvalue weighted by molar-refractivity contribution is 7.95. The minimum Gasteiger partial charge on any atom is -1.00 e. The Hall–Kier alpha value is -1.43. The van der Waals surface area contributed by atoms with Crippen molar-refractivity contribution < 1.29 is 42.3 Å². The van der Waals surface area contributed by atoms with Gasteiger partial charge in [-0.3, -0.25) is 0 Å². The fourth-order valence-corrected chi connectivity index (χ4v) is 7.71. The van der Waals surface area contributed by atoms with E-state index in [1.807, 2.05) is 91.0 Å². The van der Waals surface area contributed by atoms with Crippen molar-refractivity contribution in [2.45, 2.75) is 18.7 Å². The highest BCUT2D eigenvalue weighted by Crippen LogP contribution is 2.56. The van der Waals surface area contributed by atoms with E-state index in [9.17, 15) is 18.3 Å². The molecule has 0 bridgehead atoms. The molecule has 1 N–H and O–H groups in total. The third kappa shape index (κ3) is 4.94. The van der Waals surface area contributed by atoms with Crippen LogP contribution >= 0.6 is 7.26 Å². The first-order valence-corrected chi connectivity index (χ1v) is 10.7. The van der Waals surface area contributed by atoms with Crippen molar-refractivity contribution in [2.24, 2.45) is 0 Å². The molecule has 0 heterocycles. The van der Waals surface area contributed by atoms with Gasteiger partial charge in [0.15, 0.2) is 6.10 Å². The Morgan fingerprint density at radius 1 is 0.679 bits per heavy atom. The molecule has 3 aromatic rings. The highest BCUT2D eigenvalue weighted by atomic mass is 127. The maximum Gasteiger partial charge on any atom is 0.414 e. The maximum absolute atomic E-state index is 13.0. The van der Waals surface area contributed by atoms with Crippen LogP contribution in [0.15, 0.2) is 91.0 Å². The molecule has 1 nitrogen and oxygen atoms in total. The van der Waals surface area contributed by atoms with E-state index in [4.69, 9.17) is 0 Å². The van der Waals surface area contributed by atoms with Gasteiger partial charge in [0.05, 0.1) is 6.16 Å². The van der Waals surface area contributed by atoms with Crippen LogP contribution in [0.3, 0.4) is 0 Å². The summed E-state index contributed by atoms with van der Waals surface area (Å²) in [6.07, 6.45) is -7.03. The number of halogens is 4. The summed E-state index contributed by atoms with van der Waals surface area (Å²) >= 11 is 0. The molecule has 0 saturated heterocycles. The Morgan fingerprint density at radius 2 is 1.00 bits per heavy atom. The molecule has 0 spiro atoms. The van der Waals surface area contributed by atoms with E-state index in [2.05, 4.69) is 0 Å². The lowest BCUT2D eigenvalue weighted by atomic mass is 10.3. The van der Waals surface area contributed by atoms with Crippen molar-refractivity contribution in [2.75, 3.05) is 6.16 Å². The Labute approximate surface area is 181 Å². The van der Waals surface area contributed by atoms with E-state index in [1.54, 1.807) is 0 Å². The molecule has 3 rings (SSSR count). The number of hydrogen-bond acceptors (Lipinski definition) is 1. The molecule has 0 saturated carbocycles. The van der Waals surface area contributed by atoms with Crippen LogP contribution in [0, 0.1) is 0 Å². The normalized spacial score (nSPS) is 12.9.